The first-order valence-corrected chi connectivity index (χ1v) is 5.97. The molecule has 90 valence electrons. The van der Waals surface area contributed by atoms with Crippen molar-refractivity contribution in [3.63, 3.8) is 0 Å². The van der Waals surface area contributed by atoms with Crippen LogP contribution in [0.2, 0.25) is 5.02 Å². The van der Waals surface area contributed by atoms with Gasteiger partial charge in [0.25, 0.3) is 0 Å². The largest absolute Gasteiger partial charge is 0.464 e. The number of aromatic nitrogens is 1. The van der Waals surface area contributed by atoms with Gasteiger partial charge in [0.2, 0.25) is 0 Å². The van der Waals surface area contributed by atoms with Gasteiger partial charge in [0.15, 0.2) is 0 Å². The normalized spacial score (nSPS) is 10.8. The molecule has 0 fully saturated rings. The van der Waals surface area contributed by atoms with E-state index in [0.29, 0.717) is 5.02 Å². The van der Waals surface area contributed by atoms with E-state index in [-0.39, 0.29) is 0 Å². The Balaban J connectivity index is 2.28. The zero-order valence-corrected chi connectivity index (χ0v) is 10.5. The van der Waals surface area contributed by atoms with E-state index in [4.69, 9.17) is 16.0 Å². The van der Waals surface area contributed by atoms with Crippen molar-refractivity contribution < 1.29 is 4.42 Å². The maximum atomic E-state index is 6.26. The Morgan fingerprint density at radius 2 is 2.11 bits per heavy atom. The van der Waals surface area contributed by atoms with E-state index in [1.807, 2.05) is 37.4 Å². The minimum absolute atomic E-state index is 0.676. The second-order valence-corrected chi connectivity index (χ2v) is 4.34. The van der Waals surface area contributed by atoms with E-state index in [0.717, 1.165) is 27.9 Å². The summed E-state index contributed by atoms with van der Waals surface area (Å²) < 4.78 is 5.38. The van der Waals surface area contributed by atoms with Crippen molar-refractivity contribution in [3.05, 3.63) is 47.8 Å². The number of nitrogens with one attached hydrogen (secondary N) is 1. The summed E-state index contributed by atoms with van der Waals surface area (Å²) in [5, 5.41) is 4.74. The van der Waals surface area contributed by atoms with Crippen molar-refractivity contribution in [1.82, 2.24) is 4.98 Å². The monoisotopic (exact) mass is 258 g/mol. The topological polar surface area (TPSA) is 38.1 Å². The molecule has 0 saturated heterocycles. The number of pyridine rings is 1. The van der Waals surface area contributed by atoms with Crippen LogP contribution in [0.25, 0.3) is 22.2 Å². The van der Waals surface area contributed by atoms with Gasteiger partial charge in [-0.05, 0) is 30.3 Å². The molecule has 3 rings (SSSR count). The van der Waals surface area contributed by atoms with Gasteiger partial charge in [-0.1, -0.05) is 11.6 Å². The second-order valence-electron chi connectivity index (χ2n) is 3.94. The highest BCUT2D eigenvalue weighted by molar-refractivity contribution is 6.33. The van der Waals surface area contributed by atoms with Gasteiger partial charge in [-0.3, -0.25) is 4.98 Å². The number of furan rings is 1. The molecule has 0 aliphatic carbocycles. The quantitative estimate of drug-likeness (QED) is 0.749. The summed E-state index contributed by atoms with van der Waals surface area (Å²) in [5.74, 6) is 0. The van der Waals surface area contributed by atoms with Crippen molar-refractivity contribution >= 4 is 28.3 Å². The van der Waals surface area contributed by atoms with Crippen LogP contribution in [0.5, 0.6) is 0 Å². The fraction of sp³-hybridized carbons (Fsp3) is 0.0714. The number of hydrogen-bond donors (Lipinski definition) is 1. The van der Waals surface area contributed by atoms with Crippen LogP contribution >= 0.6 is 11.6 Å². The summed E-state index contributed by atoms with van der Waals surface area (Å²) in [4.78, 5) is 4.41. The van der Waals surface area contributed by atoms with E-state index in [1.54, 1.807) is 12.5 Å². The van der Waals surface area contributed by atoms with Gasteiger partial charge in [-0.2, -0.15) is 0 Å². The lowest BCUT2D eigenvalue weighted by molar-refractivity contribution is 0.615. The van der Waals surface area contributed by atoms with Crippen LogP contribution in [0.4, 0.5) is 5.69 Å². The number of rotatable bonds is 2. The molecule has 0 aliphatic rings. The van der Waals surface area contributed by atoms with Gasteiger partial charge in [-0.15, -0.1) is 0 Å². The minimum Gasteiger partial charge on any atom is -0.464 e. The second kappa shape index (κ2) is 4.35. The maximum Gasteiger partial charge on any atom is 0.137 e. The summed E-state index contributed by atoms with van der Waals surface area (Å²) in [6, 6.07) is 9.52. The van der Waals surface area contributed by atoms with Crippen LogP contribution in [-0.2, 0) is 0 Å². The van der Waals surface area contributed by atoms with Gasteiger partial charge >= 0.3 is 0 Å². The van der Waals surface area contributed by atoms with Gasteiger partial charge in [-0.25, -0.2) is 0 Å². The molecule has 3 nitrogen and oxygen atoms in total. The van der Waals surface area contributed by atoms with E-state index in [2.05, 4.69) is 10.3 Å². The van der Waals surface area contributed by atoms with E-state index in [1.165, 1.54) is 0 Å². The molecule has 1 aromatic carbocycles. The Bertz CT molecular complexity index is 706. The molecule has 0 bridgehead atoms. The zero-order valence-electron chi connectivity index (χ0n) is 9.77. The third kappa shape index (κ3) is 1.73. The zero-order chi connectivity index (χ0) is 12.5. The fourth-order valence-electron chi connectivity index (χ4n) is 1.97. The standard InChI is InChI=1S/C14H11ClN2O/c1-16-9-2-3-12(15)11(8-9)14-10-5-7-18-13(10)4-6-17-14/h2-8,16H,1H3. The SMILES string of the molecule is CNc1ccc(Cl)c(-c2nccc3occc23)c1. The molecular weight excluding hydrogens is 248 g/mol. The molecule has 3 aromatic rings. The van der Waals surface area contributed by atoms with Gasteiger partial charge < -0.3 is 9.73 Å². The lowest BCUT2D eigenvalue weighted by Crippen LogP contribution is -1.90. The van der Waals surface area contributed by atoms with Gasteiger partial charge in [0, 0.05) is 29.9 Å². The number of hydrogen-bond acceptors (Lipinski definition) is 3. The molecule has 0 unspecified atom stereocenters. The fourth-order valence-corrected chi connectivity index (χ4v) is 2.18. The predicted octanol–water partition coefficient (Wildman–Crippen LogP) is 4.19. The summed E-state index contributed by atoms with van der Waals surface area (Å²) >= 11 is 6.26. The Kier molecular flexibility index (Phi) is 2.68. The predicted molar refractivity (Wildman–Crippen MR) is 74.0 cm³/mol. The summed E-state index contributed by atoms with van der Waals surface area (Å²) in [6.45, 7) is 0. The number of nitrogens with zero attached hydrogens (tertiary/aromatic N) is 1. The highest BCUT2D eigenvalue weighted by Gasteiger charge is 2.11. The van der Waals surface area contributed by atoms with E-state index >= 15 is 0 Å². The first kappa shape index (κ1) is 11.1. The Morgan fingerprint density at radius 3 is 2.94 bits per heavy atom. The van der Waals surface area contributed by atoms with Crippen molar-refractivity contribution in [2.24, 2.45) is 0 Å². The van der Waals surface area contributed by atoms with Crippen LogP contribution < -0.4 is 5.32 Å². The maximum absolute atomic E-state index is 6.26. The Hall–Kier alpha value is -2.00. The number of anilines is 1. The first-order chi connectivity index (χ1) is 8.79. The molecular formula is C14H11ClN2O. The highest BCUT2D eigenvalue weighted by Crippen LogP contribution is 2.33. The lowest BCUT2D eigenvalue weighted by Gasteiger charge is -2.07. The average molecular weight is 259 g/mol. The van der Waals surface area contributed by atoms with Crippen molar-refractivity contribution in [2.75, 3.05) is 12.4 Å². The minimum atomic E-state index is 0.676. The van der Waals surface area contributed by atoms with Crippen molar-refractivity contribution in [2.45, 2.75) is 0 Å². The third-order valence-corrected chi connectivity index (χ3v) is 3.22. The highest BCUT2D eigenvalue weighted by atomic mass is 35.5. The van der Waals surface area contributed by atoms with Crippen LogP contribution in [0, 0.1) is 0 Å². The summed E-state index contributed by atoms with van der Waals surface area (Å²) in [7, 11) is 1.87. The van der Waals surface area contributed by atoms with Crippen LogP contribution in [0.1, 0.15) is 0 Å². The molecule has 0 amide bonds. The first-order valence-electron chi connectivity index (χ1n) is 5.59. The van der Waals surface area contributed by atoms with Crippen molar-refractivity contribution in [3.8, 4) is 11.3 Å². The molecule has 2 aromatic heterocycles. The number of benzene rings is 1. The van der Waals surface area contributed by atoms with E-state index < -0.39 is 0 Å². The number of halogens is 1. The molecule has 2 heterocycles. The van der Waals surface area contributed by atoms with Crippen LogP contribution in [0.15, 0.2) is 47.2 Å². The molecule has 4 heteroatoms. The third-order valence-electron chi connectivity index (χ3n) is 2.89. The average Bonchev–Trinajstić information content (AvgIpc) is 2.87. The number of fused-ring (bicyclic) bond motifs is 1. The van der Waals surface area contributed by atoms with Gasteiger partial charge in [0.05, 0.1) is 17.0 Å². The molecule has 0 saturated carbocycles. The smallest absolute Gasteiger partial charge is 0.137 e. The molecule has 0 radical (unpaired) electrons. The molecule has 0 aliphatic heterocycles. The van der Waals surface area contributed by atoms with E-state index in [9.17, 15) is 0 Å². The molecule has 0 atom stereocenters. The summed E-state index contributed by atoms with van der Waals surface area (Å²) in [5.41, 5.74) is 3.54. The van der Waals surface area contributed by atoms with Crippen LogP contribution in [-0.4, -0.2) is 12.0 Å². The van der Waals surface area contributed by atoms with Crippen molar-refractivity contribution in [1.29, 1.82) is 0 Å². The molecule has 1 N–H and O–H groups in total. The molecule has 0 spiro atoms. The van der Waals surface area contributed by atoms with Gasteiger partial charge in [0.1, 0.15) is 5.58 Å². The molecule has 18 heavy (non-hydrogen) atoms. The Labute approximate surface area is 109 Å². The Morgan fingerprint density at radius 1 is 1.22 bits per heavy atom. The van der Waals surface area contributed by atoms with Crippen LogP contribution in [0.3, 0.4) is 0 Å². The lowest BCUT2D eigenvalue weighted by atomic mass is 10.1. The summed E-state index contributed by atoms with van der Waals surface area (Å²) in [6.07, 6.45) is 3.38.